The first-order valence-electron chi connectivity index (χ1n) is 12.5. The Labute approximate surface area is 238 Å². The number of thiophene rings is 1. The largest absolute Gasteiger partial charge is 0.496 e. The molecule has 0 aliphatic heterocycles. The molecule has 2 aromatic carbocycles. The molecule has 2 heterocycles. The fourth-order valence-electron chi connectivity index (χ4n) is 4.11. The van der Waals surface area contributed by atoms with Crippen molar-refractivity contribution in [2.45, 2.75) is 44.2 Å². The molecule has 0 radical (unpaired) electrons. The zero-order valence-corrected chi connectivity index (χ0v) is 25.0. The average molecular weight is 563 g/mol. The van der Waals surface area contributed by atoms with Crippen LogP contribution >= 0.6 is 23.1 Å². The van der Waals surface area contributed by atoms with Crippen molar-refractivity contribution < 1.29 is 19.3 Å². The summed E-state index contributed by atoms with van der Waals surface area (Å²) in [5.41, 5.74) is 5.18. The molecule has 0 aliphatic carbocycles. The van der Waals surface area contributed by atoms with E-state index in [4.69, 9.17) is 14.2 Å². The first-order valence-corrected chi connectivity index (χ1v) is 14.3. The van der Waals surface area contributed by atoms with Crippen molar-refractivity contribution >= 4 is 29.2 Å². The van der Waals surface area contributed by atoms with E-state index in [-0.39, 0.29) is 0 Å². The summed E-state index contributed by atoms with van der Waals surface area (Å²) in [5.74, 6) is 2.84. The third-order valence-electron chi connectivity index (χ3n) is 5.96. The first-order chi connectivity index (χ1) is 18.6. The molecule has 0 saturated heterocycles. The summed E-state index contributed by atoms with van der Waals surface area (Å²) in [7, 11) is 4.94. The van der Waals surface area contributed by atoms with Gasteiger partial charge >= 0.3 is 0 Å². The summed E-state index contributed by atoms with van der Waals surface area (Å²) in [6.07, 6.45) is 3.68. The lowest BCUT2D eigenvalue weighted by Crippen LogP contribution is -2.13. The normalized spacial score (nSPS) is 11.7. The summed E-state index contributed by atoms with van der Waals surface area (Å²) in [5, 5.41) is 11.0. The predicted molar refractivity (Wildman–Crippen MR) is 161 cm³/mol. The van der Waals surface area contributed by atoms with E-state index in [1.165, 1.54) is 5.56 Å². The van der Waals surface area contributed by atoms with Crippen LogP contribution in [-0.4, -0.2) is 42.0 Å². The van der Waals surface area contributed by atoms with Crippen LogP contribution in [0.2, 0.25) is 0 Å². The molecule has 0 unspecified atom stereocenters. The van der Waals surface area contributed by atoms with Crippen LogP contribution in [0, 0.1) is 13.8 Å². The van der Waals surface area contributed by atoms with Gasteiger partial charge in [0.2, 0.25) is 0 Å². The Hall–Kier alpha value is -3.33. The second kappa shape index (κ2) is 12.2. The van der Waals surface area contributed by atoms with Crippen molar-refractivity contribution in [2.75, 3.05) is 21.3 Å². The maximum Gasteiger partial charge on any atom is 0.188 e. The monoisotopic (exact) mass is 562 g/mol. The second-order valence-electron chi connectivity index (χ2n) is 9.70. The molecule has 4 aromatic rings. The second-order valence-corrected chi connectivity index (χ2v) is 11.7. The third-order valence-corrected chi connectivity index (χ3v) is 8.13. The van der Waals surface area contributed by atoms with Gasteiger partial charge in [-0.1, -0.05) is 23.9 Å². The summed E-state index contributed by atoms with van der Waals surface area (Å²) < 4.78 is 16.6. The summed E-state index contributed by atoms with van der Waals surface area (Å²) in [6, 6.07) is 16.3. The maximum atomic E-state index is 10.2. The molecular weight excluding hydrogens is 528 g/mol. The Bertz CT molecular complexity index is 1470. The van der Waals surface area contributed by atoms with Gasteiger partial charge in [0.05, 0.1) is 26.9 Å². The van der Waals surface area contributed by atoms with E-state index in [0.717, 1.165) is 48.7 Å². The van der Waals surface area contributed by atoms with Crippen LogP contribution in [-0.2, 0) is 5.75 Å². The van der Waals surface area contributed by atoms with E-state index in [1.54, 1.807) is 64.4 Å². The molecule has 0 amide bonds. The summed E-state index contributed by atoms with van der Waals surface area (Å²) in [6.45, 7) is 7.48. The van der Waals surface area contributed by atoms with Crippen LogP contribution in [0.1, 0.15) is 36.4 Å². The summed E-state index contributed by atoms with van der Waals surface area (Å²) >= 11 is 3.35. The average Bonchev–Trinajstić information content (AvgIpc) is 3.33. The van der Waals surface area contributed by atoms with Crippen molar-refractivity contribution in [1.29, 1.82) is 0 Å². The minimum Gasteiger partial charge on any atom is -0.496 e. The van der Waals surface area contributed by atoms with Gasteiger partial charge in [0.1, 0.15) is 5.75 Å². The SMILES string of the molecule is COc1ccc(-c2sc(-c3ccc(OC)c(OC)c3)cc2CSc2nc(C)cc(C)n2)cc1C=CC(C)(C)O. The van der Waals surface area contributed by atoms with E-state index >= 15 is 0 Å². The van der Waals surface area contributed by atoms with Crippen molar-refractivity contribution in [3.8, 4) is 38.1 Å². The van der Waals surface area contributed by atoms with Gasteiger partial charge in [0, 0.05) is 32.5 Å². The number of rotatable bonds is 10. The van der Waals surface area contributed by atoms with Crippen LogP contribution < -0.4 is 14.2 Å². The number of thioether (sulfide) groups is 1. The van der Waals surface area contributed by atoms with Crippen molar-refractivity contribution in [3.63, 3.8) is 0 Å². The minimum atomic E-state index is -0.932. The van der Waals surface area contributed by atoms with Gasteiger partial charge in [-0.25, -0.2) is 9.97 Å². The maximum absolute atomic E-state index is 10.2. The highest BCUT2D eigenvalue weighted by molar-refractivity contribution is 7.98. The number of methoxy groups -OCH3 is 3. The molecule has 4 rings (SSSR count). The predicted octanol–water partition coefficient (Wildman–Crippen LogP) is 7.59. The van der Waals surface area contributed by atoms with Crippen molar-refractivity contribution in [2.24, 2.45) is 0 Å². The highest BCUT2D eigenvalue weighted by Gasteiger charge is 2.17. The van der Waals surface area contributed by atoms with E-state index < -0.39 is 5.60 Å². The number of nitrogens with zero attached hydrogens (tertiary/aromatic N) is 2. The topological polar surface area (TPSA) is 73.7 Å². The van der Waals surface area contributed by atoms with Crippen LogP contribution in [0.15, 0.2) is 59.8 Å². The molecule has 2 aromatic heterocycles. The van der Waals surface area contributed by atoms with Gasteiger partial charge < -0.3 is 19.3 Å². The molecule has 0 atom stereocenters. The summed E-state index contributed by atoms with van der Waals surface area (Å²) in [4.78, 5) is 11.5. The van der Waals surface area contributed by atoms with E-state index in [2.05, 4.69) is 28.2 Å². The van der Waals surface area contributed by atoms with Gasteiger partial charge in [-0.3, -0.25) is 0 Å². The molecule has 204 valence electrons. The smallest absolute Gasteiger partial charge is 0.188 e. The lowest BCUT2D eigenvalue weighted by molar-refractivity contribution is 0.134. The molecule has 0 saturated carbocycles. The highest BCUT2D eigenvalue weighted by atomic mass is 32.2. The Morgan fingerprint density at radius 3 is 2.13 bits per heavy atom. The Morgan fingerprint density at radius 2 is 1.49 bits per heavy atom. The molecular formula is C31H34N2O4S2. The van der Waals surface area contributed by atoms with Gasteiger partial charge in [0.15, 0.2) is 16.7 Å². The minimum absolute atomic E-state index is 0.688. The fraction of sp³-hybridized carbons (Fsp3) is 0.290. The fourth-order valence-corrected chi connectivity index (χ4v) is 6.31. The third kappa shape index (κ3) is 7.20. The highest BCUT2D eigenvalue weighted by Crippen LogP contribution is 2.43. The number of aryl methyl sites for hydroxylation is 2. The first kappa shape index (κ1) is 28.7. The zero-order chi connectivity index (χ0) is 28.2. The standard InChI is InChI=1S/C31H34N2O4S2/c1-19-14-20(2)33-30(32-19)38-18-24-17-28(22-8-11-26(36-6)27(16-22)37-7)39-29(24)23-9-10-25(35-5)21(15-23)12-13-31(3,4)34/h8-17,34H,18H2,1-7H3. The zero-order valence-electron chi connectivity index (χ0n) is 23.4. The number of hydrogen-bond donors (Lipinski definition) is 1. The number of hydrogen-bond acceptors (Lipinski definition) is 8. The lowest BCUT2D eigenvalue weighted by Gasteiger charge is -2.12. The molecule has 0 spiro atoms. The lowest BCUT2D eigenvalue weighted by atomic mass is 10.0. The van der Waals surface area contributed by atoms with Crippen LogP contribution in [0.25, 0.3) is 27.0 Å². The number of aromatic nitrogens is 2. The molecule has 0 fully saturated rings. The van der Waals surface area contributed by atoms with Crippen LogP contribution in [0.4, 0.5) is 0 Å². The molecule has 0 bridgehead atoms. The Morgan fingerprint density at radius 1 is 0.846 bits per heavy atom. The molecule has 1 N–H and O–H groups in total. The Kier molecular flexibility index (Phi) is 9.00. The van der Waals surface area contributed by atoms with Gasteiger partial charge in [-0.2, -0.15) is 0 Å². The number of benzene rings is 2. The molecule has 8 heteroatoms. The Balaban J connectivity index is 1.79. The van der Waals surface area contributed by atoms with Gasteiger partial charge in [0.25, 0.3) is 0 Å². The van der Waals surface area contributed by atoms with Crippen LogP contribution in [0.5, 0.6) is 17.2 Å². The van der Waals surface area contributed by atoms with Crippen LogP contribution in [0.3, 0.4) is 0 Å². The quantitative estimate of drug-likeness (QED) is 0.158. The molecule has 39 heavy (non-hydrogen) atoms. The molecule has 6 nitrogen and oxygen atoms in total. The van der Waals surface area contributed by atoms with Gasteiger partial charge in [-0.15, -0.1) is 11.3 Å². The molecule has 0 aliphatic rings. The van der Waals surface area contributed by atoms with E-state index in [0.29, 0.717) is 17.3 Å². The number of aliphatic hydroxyl groups is 1. The van der Waals surface area contributed by atoms with Gasteiger partial charge in [-0.05, 0) is 92.9 Å². The van der Waals surface area contributed by atoms with Crippen molar-refractivity contribution in [3.05, 3.63) is 77.1 Å². The number of ether oxygens (including phenoxy) is 3. The van der Waals surface area contributed by atoms with Crippen molar-refractivity contribution in [1.82, 2.24) is 9.97 Å². The van der Waals surface area contributed by atoms with E-state index in [1.807, 2.05) is 50.3 Å². The van der Waals surface area contributed by atoms with E-state index in [9.17, 15) is 5.11 Å².